The molecule has 0 amide bonds. The molecule has 0 spiro atoms. The van der Waals surface area contributed by atoms with Gasteiger partial charge in [-0.05, 0) is 31.1 Å². The lowest BCUT2D eigenvalue weighted by atomic mass is 10.1. The molecule has 0 atom stereocenters. The zero-order chi connectivity index (χ0) is 12.0. The number of ether oxygens (including phenoxy) is 1. The lowest BCUT2D eigenvalue weighted by molar-refractivity contribution is 0.204. The average Bonchev–Trinajstić information content (AvgIpc) is 2.44. The van der Waals surface area contributed by atoms with Gasteiger partial charge in [-0.25, -0.2) is 0 Å². The Balaban J connectivity index is 2.81. The molecule has 88 valence electrons. The summed E-state index contributed by atoms with van der Waals surface area (Å²) in [6, 6.07) is 0. The van der Waals surface area contributed by atoms with Crippen molar-refractivity contribution in [3.63, 3.8) is 0 Å². The summed E-state index contributed by atoms with van der Waals surface area (Å²) < 4.78 is 5.32. The quantitative estimate of drug-likeness (QED) is 0.768. The van der Waals surface area contributed by atoms with Gasteiger partial charge in [0.2, 0.25) is 0 Å². The Morgan fingerprint density at radius 1 is 1.50 bits per heavy atom. The van der Waals surface area contributed by atoms with Crippen LogP contribution in [0.2, 0.25) is 0 Å². The molecule has 0 aromatic rings. The molecule has 1 aliphatic carbocycles. The second kappa shape index (κ2) is 6.18. The van der Waals surface area contributed by atoms with E-state index in [1.807, 2.05) is 26.0 Å². The minimum atomic E-state index is 0.0446. The van der Waals surface area contributed by atoms with Gasteiger partial charge in [0.15, 0.2) is 5.76 Å². The van der Waals surface area contributed by atoms with Crippen molar-refractivity contribution < 1.29 is 14.9 Å². The van der Waals surface area contributed by atoms with E-state index >= 15 is 0 Å². The van der Waals surface area contributed by atoms with E-state index in [9.17, 15) is 5.11 Å². The molecular formula is C13H18O3. The maximum absolute atomic E-state index is 9.65. The molecule has 16 heavy (non-hydrogen) atoms. The smallest absolute Gasteiger partial charge is 0.153 e. The van der Waals surface area contributed by atoms with Crippen molar-refractivity contribution in [1.82, 2.24) is 0 Å². The summed E-state index contributed by atoms with van der Waals surface area (Å²) in [5.41, 5.74) is 1.85. The van der Waals surface area contributed by atoms with E-state index in [1.165, 1.54) is 0 Å². The van der Waals surface area contributed by atoms with Crippen molar-refractivity contribution in [3.8, 4) is 0 Å². The lowest BCUT2D eigenvalue weighted by Gasteiger charge is -2.05. The van der Waals surface area contributed by atoms with Gasteiger partial charge in [-0.15, -0.1) is 0 Å². The summed E-state index contributed by atoms with van der Waals surface area (Å²) >= 11 is 0. The van der Waals surface area contributed by atoms with Crippen LogP contribution in [0, 0.1) is 0 Å². The van der Waals surface area contributed by atoms with Gasteiger partial charge < -0.3 is 14.9 Å². The topological polar surface area (TPSA) is 49.7 Å². The Bertz CT molecular complexity index is 359. The predicted octanol–water partition coefficient (Wildman–Crippen LogP) is 2.62. The fourth-order valence-electron chi connectivity index (χ4n) is 1.40. The Kier molecular flexibility index (Phi) is 4.86. The molecule has 0 fully saturated rings. The van der Waals surface area contributed by atoms with Crippen LogP contribution in [0.3, 0.4) is 0 Å². The van der Waals surface area contributed by atoms with E-state index in [4.69, 9.17) is 9.84 Å². The lowest BCUT2D eigenvalue weighted by Crippen LogP contribution is -1.94. The minimum absolute atomic E-state index is 0.0446. The molecule has 0 heterocycles. The van der Waals surface area contributed by atoms with E-state index in [1.54, 1.807) is 12.2 Å². The fourth-order valence-corrected chi connectivity index (χ4v) is 1.40. The van der Waals surface area contributed by atoms with Crippen molar-refractivity contribution in [2.45, 2.75) is 20.3 Å². The molecule has 3 nitrogen and oxygen atoms in total. The first-order chi connectivity index (χ1) is 7.67. The number of allylic oxidation sites excluding steroid dienone is 5. The van der Waals surface area contributed by atoms with Crippen molar-refractivity contribution >= 4 is 0 Å². The first-order valence-electron chi connectivity index (χ1n) is 5.38. The van der Waals surface area contributed by atoms with Crippen LogP contribution in [-0.4, -0.2) is 23.4 Å². The van der Waals surface area contributed by atoms with Gasteiger partial charge in [-0.3, -0.25) is 0 Å². The molecule has 0 saturated heterocycles. The highest BCUT2D eigenvalue weighted by Gasteiger charge is 2.06. The van der Waals surface area contributed by atoms with Crippen LogP contribution in [0.4, 0.5) is 0 Å². The van der Waals surface area contributed by atoms with Gasteiger partial charge in [0.1, 0.15) is 5.76 Å². The molecule has 0 aromatic carbocycles. The average molecular weight is 222 g/mol. The van der Waals surface area contributed by atoms with Gasteiger partial charge in [0.25, 0.3) is 0 Å². The number of hydrogen-bond acceptors (Lipinski definition) is 3. The number of aliphatic hydroxyl groups excluding tert-OH is 2. The molecule has 3 heteroatoms. The van der Waals surface area contributed by atoms with Gasteiger partial charge >= 0.3 is 0 Å². The zero-order valence-corrected chi connectivity index (χ0v) is 9.73. The van der Waals surface area contributed by atoms with Crippen LogP contribution in [0.15, 0.2) is 47.0 Å². The molecule has 1 rings (SSSR count). The van der Waals surface area contributed by atoms with Crippen LogP contribution in [0.25, 0.3) is 0 Å². The summed E-state index contributed by atoms with van der Waals surface area (Å²) in [6.07, 6.45) is 7.84. The highest BCUT2D eigenvalue weighted by atomic mass is 16.5. The fraction of sp³-hybridized carbons (Fsp3) is 0.385. The number of rotatable bonds is 4. The van der Waals surface area contributed by atoms with Crippen molar-refractivity contribution in [1.29, 1.82) is 0 Å². The SMILES string of the molecule is CCOC1=C(O)C=CC(/C=C(\C)CO)=CC1. The molecule has 0 aromatic heterocycles. The summed E-state index contributed by atoms with van der Waals surface area (Å²) in [5.74, 6) is 0.756. The summed E-state index contributed by atoms with van der Waals surface area (Å²) in [7, 11) is 0. The molecule has 0 aliphatic heterocycles. The Morgan fingerprint density at radius 3 is 2.88 bits per heavy atom. The van der Waals surface area contributed by atoms with E-state index in [2.05, 4.69) is 0 Å². The molecule has 0 radical (unpaired) electrons. The van der Waals surface area contributed by atoms with E-state index in [0.717, 1.165) is 11.1 Å². The summed E-state index contributed by atoms with van der Waals surface area (Å²) in [4.78, 5) is 0. The van der Waals surface area contributed by atoms with Crippen molar-refractivity contribution in [3.05, 3.63) is 47.0 Å². The second-order valence-electron chi connectivity index (χ2n) is 3.63. The normalized spacial score (nSPS) is 17.2. The van der Waals surface area contributed by atoms with E-state index in [-0.39, 0.29) is 12.4 Å². The van der Waals surface area contributed by atoms with E-state index in [0.29, 0.717) is 18.8 Å². The van der Waals surface area contributed by atoms with Gasteiger partial charge in [-0.1, -0.05) is 18.2 Å². The van der Waals surface area contributed by atoms with Crippen LogP contribution in [0.5, 0.6) is 0 Å². The Labute approximate surface area is 96.1 Å². The zero-order valence-electron chi connectivity index (χ0n) is 9.73. The number of aliphatic hydroxyl groups is 2. The number of hydrogen-bond donors (Lipinski definition) is 2. The van der Waals surface area contributed by atoms with Crippen molar-refractivity contribution in [2.24, 2.45) is 0 Å². The highest BCUT2D eigenvalue weighted by Crippen LogP contribution is 2.18. The monoisotopic (exact) mass is 222 g/mol. The Morgan fingerprint density at radius 2 is 2.25 bits per heavy atom. The third-order valence-electron chi connectivity index (χ3n) is 2.22. The van der Waals surface area contributed by atoms with Crippen LogP contribution >= 0.6 is 0 Å². The molecule has 0 unspecified atom stereocenters. The third kappa shape index (κ3) is 3.59. The minimum Gasteiger partial charge on any atom is -0.504 e. The van der Waals surface area contributed by atoms with Crippen LogP contribution in [0.1, 0.15) is 20.3 Å². The van der Waals surface area contributed by atoms with Gasteiger partial charge in [-0.2, -0.15) is 0 Å². The van der Waals surface area contributed by atoms with Gasteiger partial charge in [0, 0.05) is 6.42 Å². The molecule has 0 saturated carbocycles. The van der Waals surface area contributed by atoms with Crippen molar-refractivity contribution in [2.75, 3.05) is 13.2 Å². The first kappa shape index (κ1) is 12.6. The first-order valence-corrected chi connectivity index (χ1v) is 5.38. The van der Waals surface area contributed by atoms with Crippen LogP contribution < -0.4 is 0 Å². The molecule has 0 bridgehead atoms. The predicted molar refractivity (Wildman–Crippen MR) is 64.0 cm³/mol. The summed E-state index contributed by atoms with van der Waals surface area (Å²) in [6.45, 7) is 4.33. The maximum atomic E-state index is 9.65. The van der Waals surface area contributed by atoms with E-state index < -0.39 is 0 Å². The molecular weight excluding hydrogens is 204 g/mol. The van der Waals surface area contributed by atoms with Crippen LogP contribution in [-0.2, 0) is 4.74 Å². The highest BCUT2D eigenvalue weighted by molar-refractivity contribution is 5.39. The largest absolute Gasteiger partial charge is 0.504 e. The maximum Gasteiger partial charge on any atom is 0.153 e. The second-order valence-corrected chi connectivity index (χ2v) is 3.63. The third-order valence-corrected chi connectivity index (χ3v) is 2.22. The molecule has 1 aliphatic rings. The standard InChI is InChI=1S/C13H18O3/c1-3-16-13-7-5-11(4-6-12(13)15)8-10(2)9-14/h4-6,8,14-15H,3,7,9H2,1-2H3/b10-8+. The van der Waals surface area contributed by atoms with Gasteiger partial charge in [0.05, 0.1) is 13.2 Å². The Hall–Kier alpha value is -1.48. The molecule has 2 N–H and O–H groups in total. The summed E-state index contributed by atoms with van der Waals surface area (Å²) in [5, 5.41) is 18.6.